The summed E-state index contributed by atoms with van der Waals surface area (Å²) >= 11 is 1.59. The van der Waals surface area contributed by atoms with Crippen LogP contribution < -0.4 is 4.74 Å². The van der Waals surface area contributed by atoms with Crippen LogP contribution in [0, 0.1) is 6.92 Å². The zero-order valence-electron chi connectivity index (χ0n) is 18.3. The van der Waals surface area contributed by atoms with Crippen LogP contribution in [0.2, 0.25) is 0 Å². The molecule has 6 heteroatoms. The highest BCUT2D eigenvalue weighted by Gasteiger charge is 2.19. The number of oxime groups is 1. The largest absolute Gasteiger partial charge is 0.497 e. The van der Waals surface area contributed by atoms with Crippen LogP contribution in [0.3, 0.4) is 0 Å². The number of methoxy groups -OCH3 is 1. The second-order valence-corrected chi connectivity index (χ2v) is 7.95. The van der Waals surface area contributed by atoms with Gasteiger partial charge in [-0.2, -0.15) is 0 Å². The number of ether oxygens (including phenoxy) is 2. The highest BCUT2D eigenvalue weighted by molar-refractivity contribution is 7.17. The Morgan fingerprint density at radius 3 is 2.32 bits per heavy atom. The Bertz CT molecular complexity index is 1040. The number of carbonyl (C=O) groups is 1. The Morgan fingerprint density at radius 2 is 1.71 bits per heavy atom. The van der Waals surface area contributed by atoms with E-state index >= 15 is 0 Å². The summed E-state index contributed by atoms with van der Waals surface area (Å²) in [5.74, 6) is 0.530. The predicted molar refractivity (Wildman–Crippen MR) is 125 cm³/mol. The van der Waals surface area contributed by atoms with Gasteiger partial charge in [-0.05, 0) is 62.2 Å². The molecule has 0 saturated carbocycles. The minimum Gasteiger partial charge on any atom is -0.497 e. The molecular formula is C25H27NO4S. The normalized spacial score (nSPS) is 11.3. The average molecular weight is 438 g/mol. The number of nitrogens with zero attached hydrogens (tertiary/aromatic N) is 1. The highest BCUT2D eigenvalue weighted by Crippen LogP contribution is 2.35. The van der Waals surface area contributed by atoms with Gasteiger partial charge in [-0.25, -0.2) is 0 Å². The number of hydrogen-bond acceptors (Lipinski definition) is 6. The smallest absolute Gasteiger partial charge is 0.310 e. The van der Waals surface area contributed by atoms with E-state index in [1.807, 2.05) is 44.2 Å². The van der Waals surface area contributed by atoms with E-state index in [-0.39, 0.29) is 12.4 Å². The van der Waals surface area contributed by atoms with Gasteiger partial charge in [0, 0.05) is 10.4 Å². The lowest BCUT2D eigenvalue weighted by Gasteiger charge is -2.06. The summed E-state index contributed by atoms with van der Waals surface area (Å²) in [5, 5.41) is 4.39. The lowest BCUT2D eigenvalue weighted by Crippen LogP contribution is -2.07. The second-order valence-electron chi connectivity index (χ2n) is 6.90. The van der Waals surface area contributed by atoms with Crippen LogP contribution in [0.1, 0.15) is 35.4 Å². The predicted octanol–water partition coefficient (Wildman–Crippen LogP) is 5.63. The zero-order chi connectivity index (χ0) is 22.2. The molecule has 0 fully saturated rings. The van der Waals surface area contributed by atoms with Gasteiger partial charge in [0.1, 0.15) is 18.1 Å². The molecule has 2 aromatic carbocycles. The Labute approximate surface area is 187 Å². The van der Waals surface area contributed by atoms with Crippen molar-refractivity contribution in [2.75, 3.05) is 20.3 Å². The molecule has 1 heterocycles. The van der Waals surface area contributed by atoms with E-state index in [1.54, 1.807) is 18.4 Å². The van der Waals surface area contributed by atoms with Crippen LogP contribution in [0.5, 0.6) is 5.75 Å². The molecule has 1 aromatic heterocycles. The van der Waals surface area contributed by atoms with Gasteiger partial charge in [0.05, 0.1) is 25.0 Å². The number of hydrogen-bond donors (Lipinski definition) is 0. The van der Waals surface area contributed by atoms with Crippen LogP contribution in [0.4, 0.5) is 0 Å². The van der Waals surface area contributed by atoms with Gasteiger partial charge in [0.2, 0.25) is 0 Å². The van der Waals surface area contributed by atoms with Gasteiger partial charge in [0.15, 0.2) is 0 Å². The molecule has 0 amide bonds. The molecule has 0 N–H and O–H groups in total. The molecule has 0 aliphatic rings. The van der Waals surface area contributed by atoms with Crippen molar-refractivity contribution in [2.24, 2.45) is 5.16 Å². The first-order valence-electron chi connectivity index (χ1n) is 10.3. The minimum absolute atomic E-state index is 0.206. The first-order chi connectivity index (χ1) is 15.0. The monoisotopic (exact) mass is 437 g/mol. The van der Waals surface area contributed by atoms with Crippen molar-refractivity contribution in [2.45, 2.75) is 27.2 Å². The molecule has 0 aliphatic carbocycles. The third-order valence-electron chi connectivity index (χ3n) is 4.64. The van der Waals surface area contributed by atoms with Crippen LogP contribution in [0.25, 0.3) is 10.4 Å². The Kier molecular flexibility index (Phi) is 7.84. The minimum atomic E-state index is -0.243. The van der Waals surface area contributed by atoms with E-state index in [2.05, 4.69) is 36.3 Å². The van der Waals surface area contributed by atoms with Crippen LogP contribution in [0.15, 0.2) is 59.8 Å². The van der Waals surface area contributed by atoms with Gasteiger partial charge in [0.25, 0.3) is 0 Å². The number of benzene rings is 2. The molecule has 0 unspecified atom stereocenters. The van der Waals surface area contributed by atoms with Gasteiger partial charge < -0.3 is 14.3 Å². The molecule has 31 heavy (non-hydrogen) atoms. The van der Waals surface area contributed by atoms with Gasteiger partial charge in [-0.1, -0.05) is 35.0 Å². The number of esters is 1. The topological polar surface area (TPSA) is 57.1 Å². The van der Waals surface area contributed by atoms with Crippen molar-refractivity contribution >= 4 is 23.0 Å². The van der Waals surface area contributed by atoms with Gasteiger partial charge in [-0.15, -0.1) is 11.3 Å². The van der Waals surface area contributed by atoms with E-state index in [9.17, 15) is 4.79 Å². The number of carbonyl (C=O) groups excluding carboxylic acids is 1. The van der Waals surface area contributed by atoms with E-state index in [0.29, 0.717) is 13.2 Å². The fraction of sp³-hybridized carbons (Fsp3) is 0.280. The molecule has 3 rings (SSSR count). The molecule has 0 spiro atoms. The van der Waals surface area contributed by atoms with Crippen LogP contribution in [-0.2, 0) is 20.8 Å². The molecule has 5 nitrogen and oxygen atoms in total. The summed E-state index contributed by atoms with van der Waals surface area (Å²) in [6.07, 6.45) is 0.206. The summed E-state index contributed by atoms with van der Waals surface area (Å²) in [6, 6.07) is 18.0. The van der Waals surface area contributed by atoms with E-state index in [1.165, 1.54) is 5.56 Å². The maximum absolute atomic E-state index is 12.3. The third kappa shape index (κ3) is 5.73. The van der Waals surface area contributed by atoms with E-state index < -0.39 is 0 Å². The molecule has 0 saturated heterocycles. The van der Waals surface area contributed by atoms with Crippen molar-refractivity contribution in [3.63, 3.8) is 0 Å². The van der Waals surface area contributed by atoms with Crippen molar-refractivity contribution in [3.05, 3.63) is 76.2 Å². The molecular weight excluding hydrogens is 410 g/mol. The molecule has 0 atom stereocenters. The molecule has 0 radical (unpaired) electrons. The van der Waals surface area contributed by atoms with Crippen molar-refractivity contribution in [1.82, 2.24) is 0 Å². The lowest BCUT2D eigenvalue weighted by molar-refractivity contribution is -0.142. The second kappa shape index (κ2) is 10.8. The summed E-state index contributed by atoms with van der Waals surface area (Å²) < 4.78 is 10.5. The van der Waals surface area contributed by atoms with Crippen molar-refractivity contribution in [3.8, 4) is 16.2 Å². The number of thiophene rings is 1. The summed E-state index contributed by atoms with van der Waals surface area (Å²) in [6.45, 7) is 6.59. The van der Waals surface area contributed by atoms with Crippen molar-refractivity contribution < 1.29 is 19.1 Å². The fourth-order valence-electron chi connectivity index (χ4n) is 3.11. The van der Waals surface area contributed by atoms with E-state index in [0.717, 1.165) is 37.9 Å². The van der Waals surface area contributed by atoms with Crippen LogP contribution in [-0.4, -0.2) is 32.0 Å². The summed E-state index contributed by atoms with van der Waals surface area (Å²) in [4.78, 5) is 19.6. The maximum atomic E-state index is 12.3. The molecule has 0 aliphatic heterocycles. The summed E-state index contributed by atoms with van der Waals surface area (Å²) in [5.41, 5.74) is 4.79. The average Bonchev–Trinajstić information content (AvgIpc) is 3.18. The van der Waals surface area contributed by atoms with E-state index in [4.69, 9.17) is 14.3 Å². The van der Waals surface area contributed by atoms with Gasteiger partial charge in [-0.3, -0.25) is 4.79 Å². The molecule has 0 bridgehead atoms. The summed E-state index contributed by atoms with van der Waals surface area (Å²) in [7, 11) is 1.64. The highest BCUT2D eigenvalue weighted by atomic mass is 32.1. The first-order valence-corrected chi connectivity index (χ1v) is 11.1. The van der Waals surface area contributed by atoms with Gasteiger partial charge >= 0.3 is 5.97 Å². The fourth-order valence-corrected chi connectivity index (χ4v) is 4.30. The molecule has 162 valence electrons. The zero-order valence-corrected chi connectivity index (χ0v) is 19.1. The quantitative estimate of drug-likeness (QED) is 0.247. The van der Waals surface area contributed by atoms with Crippen LogP contribution >= 0.6 is 11.3 Å². The first kappa shape index (κ1) is 22.6. The Morgan fingerprint density at radius 1 is 1.00 bits per heavy atom. The lowest BCUT2D eigenvalue weighted by atomic mass is 10.0. The third-order valence-corrected chi connectivity index (χ3v) is 5.88. The number of rotatable bonds is 9. The maximum Gasteiger partial charge on any atom is 0.310 e. The Balaban J connectivity index is 2.07. The molecule has 3 aromatic rings. The standard InChI is InChI=1S/C25H27NO4S/c1-5-29-23(27)16-20-15-22(31-25(20)19-9-7-17(3)8-10-19)24(26-30-6-2)18-11-13-21(28-4)14-12-18/h7-15H,5-6,16H2,1-4H3/b26-24-. The number of aryl methyl sites for hydroxylation is 1. The SMILES string of the molecule is CCO/N=C(/c1ccc(OC)cc1)c1cc(CC(=O)OCC)c(-c2ccc(C)cc2)s1. The van der Waals surface area contributed by atoms with Crippen molar-refractivity contribution in [1.29, 1.82) is 0 Å². The Hall–Kier alpha value is -3.12.